The van der Waals surface area contributed by atoms with Crippen LogP contribution in [0.2, 0.25) is 0 Å². The number of carbonyl (C=O) groups is 1. The number of hydrogen-bond donors (Lipinski definition) is 2. The van der Waals surface area contributed by atoms with E-state index in [4.69, 9.17) is 11.6 Å². The van der Waals surface area contributed by atoms with E-state index in [1.54, 1.807) is 24.3 Å². The summed E-state index contributed by atoms with van der Waals surface area (Å²) in [6, 6.07) is 6.55. The van der Waals surface area contributed by atoms with Crippen LogP contribution in [0.1, 0.15) is 31.2 Å². The topological polar surface area (TPSA) is 89.3 Å². The van der Waals surface area contributed by atoms with Gasteiger partial charge in [-0.25, -0.2) is 13.6 Å². The average Bonchev–Trinajstić information content (AvgIpc) is 2.35. The molecule has 0 spiro atoms. The standard InChI is InChI=1S/C14H18N2O3S/c1-2-3-4-5-6-14(17)16-13-9-7-12(8-10-13)11-20(15,18)19/h1,7-10H,3-6,11H2,(H,16,17)(H2,15,18,19). The van der Waals surface area contributed by atoms with Crippen molar-refractivity contribution in [2.45, 2.75) is 31.4 Å². The van der Waals surface area contributed by atoms with Gasteiger partial charge in [0.1, 0.15) is 0 Å². The van der Waals surface area contributed by atoms with Crippen molar-refractivity contribution in [1.82, 2.24) is 0 Å². The van der Waals surface area contributed by atoms with Crippen molar-refractivity contribution in [3.8, 4) is 12.3 Å². The van der Waals surface area contributed by atoms with Gasteiger partial charge >= 0.3 is 0 Å². The van der Waals surface area contributed by atoms with Crippen LogP contribution in [0.3, 0.4) is 0 Å². The molecule has 1 aromatic carbocycles. The summed E-state index contributed by atoms with van der Waals surface area (Å²) in [5.41, 5.74) is 1.21. The lowest BCUT2D eigenvalue weighted by molar-refractivity contribution is -0.116. The first kappa shape index (κ1) is 16.2. The number of nitrogens with two attached hydrogens (primary N) is 1. The van der Waals surface area contributed by atoms with E-state index < -0.39 is 10.0 Å². The van der Waals surface area contributed by atoms with Crippen LogP contribution in [0.25, 0.3) is 0 Å². The predicted octanol–water partition coefficient (Wildman–Crippen LogP) is 1.61. The number of hydrogen-bond acceptors (Lipinski definition) is 3. The molecule has 0 radical (unpaired) electrons. The summed E-state index contributed by atoms with van der Waals surface area (Å²) in [5.74, 6) is 2.23. The number of sulfonamides is 1. The minimum atomic E-state index is -3.53. The molecule has 108 valence electrons. The zero-order chi connectivity index (χ0) is 15.0. The van der Waals surface area contributed by atoms with E-state index in [1.165, 1.54) is 0 Å². The Labute approximate surface area is 119 Å². The highest BCUT2D eigenvalue weighted by molar-refractivity contribution is 7.88. The van der Waals surface area contributed by atoms with Gasteiger partial charge in [0.25, 0.3) is 0 Å². The summed E-state index contributed by atoms with van der Waals surface area (Å²) in [6.07, 6.45) is 7.80. The number of unbranched alkanes of at least 4 members (excludes halogenated alkanes) is 2. The van der Waals surface area contributed by atoms with Crippen LogP contribution in [0.4, 0.5) is 5.69 Å². The van der Waals surface area contributed by atoms with Gasteiger partial charge in [0.15, 0.2) is 0 Å². The molecule has 6 heteroatoms. The van der Waals surface area contributed by atoms with Crippen LogP contribution in [-0.4, -0.2) is 14.3 Å². The van der Waals surface area contributed by atoms with Crippen molar-refractivity contribution in [2.24, 2.45) is 5.14 Å². The maximum atomic E-state index is 11.6. The molecule has 0 heterocycles. The maximum absolute atomic E-state index is 11.6. The van der Waals surface area contributed by atoms with Gasteiger partial charge < -0.3 is 5.32 Å². The molecule has 1 rings (SSSR count). The highest BCUT2D eigenvalue weighted by Gasteiger charge is 2.06. The fourth-order valence-corrected chi connectivity index (χ4v) is 2.31. The third-order valence-electron chi connectivity index (χ3n) is 2.58. The lowest BCUT2D eigenvalue weighted by Crippen LogP contribution is -2.14. The monoisotopic (exact) mass is 294 g/mol. The number of amides is 1. The molecule has 0 saturated heterocycles. The van der Waals surface area contributed by atoms with Crippen LogP contribution in [0.15, 0.2) is 24.3 Å². The van der Waals surface area contributed by atoms with Gasteiger partial charge in [-0.3, -0.25) is 4.79 Å². The number of nitrogens with one attached hydrogen (secondary N) is 1. The van der Waals surface area contributed by atoms with E-state index in [0.29, 0.717) is 24.1 Å². The van der Waals surface area contributed by atoms with Crippen LogP contribution >= 0.6 is 0 Å². The number of benzene rings is 1. The second-order valence-electron chi connectivity index (χ2n) is 4.46. The number of primary sulfonamides is 1. The smallest absolute Gasteiger partial charge is 0.224 e. The van der Waals surface area contributed by atoms with Gasteiger partial charge in [0.2, 0.25) is 15.9 Å². The highest BCUT2D eigenvalue weighted by Crippen LogP contribution is 2.12. The van der Waals surface area contributed by atoms with Crippen molar-refractivity contribution in [1.29, 1.82) is 0 Å². The lowest BCUT2D eigenvalue weighted by atomic mass is 10.2. The molecule has 0 unspecified atom stereocenters. The number of terminal acetylenes is 1. The number of rotatable bonds is 7. The zero-order valence-electron chi connectivity index (χ0n) is 11.1. The van der Waals surface area contributed by atoms with Crippen molar-refractivity contribution in [3.63, 3.8) is 0 Å². The van der Waals surface area contributed by atoms with Gasteiger partial charge in [-0.1, -0.05) is 12.1 Å². The van der Waals surface area contributed by atoms with Crippen molar-refractivity contribution in [3.05, 3.63) is 29.8 Å². The fourth-order valence-electron chi connectivity index (χ4n) is 1.65. The Morgan fingerprint density at radius 3 is 2.45 bits per heavy atom. The molecular weight excluding hydrogens is 276 g/mol. The Morgan fingerprint density at radius 1 is 1.25 bits per heavy atom. The molecule has 0 aliphatic rings. The molecule has 20 heavy (non-hydrogen) atoms. The molecule has 0 aromatic heterocycles. The molecule has 0 aliphatic heterocycles. The summed E-state index contributed by atoms with van der Waals surface area (Å²) in [7, 11) is -3.53. The summed E-state index contributed by atoms with van der Waals surface area (Å²) >= 11 is 0. The van der Waals surface area contributed by atoms with Gasteiger partial charge in [-0.2, -0.15) is 0 Å². The zero-order valence-corrected chi connectivity index (χ0v) is 11.9. The molecule has 0 bridgehead atoms. The normalized spacial score (nSPS) is 10.8. The van der Waals surface area contributed by atoms with Crippen molar-refractivity contribution in [2.75, 3.05) is 5.32 Å². The van der Waals surface area contributed by atoms with Gasteiger partial charge in [-0.15, -0.1) is 12.3 Å². The van der Waals surface area contributed by atoms with Crippen LogP contribution in [-0.2, 0) is 20.6 Å². The molecule has 0 fully saturated rings. The SMILES string of the molecule is C#CCCCCC(=O)Nc1ccc(CS(N)(=O)=O)cc1. The highest BCUT2D eigenvalue weighted by atomic mass is 32.2. The summed E-state index contributed by atoms with van der Waals surface area (Å²) in [4.78, 5) is 11.6. The summed E-state index contributed by atoms with van der Waals surface area (Å²) < 4.78 is 21.9. The van der Waals surface area contributed by atoms with Crippen LogP contribution in [0.5, 0.6) is 0 Å². The third-order valence-corrected chi connectivity index (χ3v) is 3.32. The first-order valence-electron chi connectivity index (χ1n) is 6.23. The van der Waals surface area contributed by atoms with E-state index in [0.717, 1.165) is 12.8 Å². The maximum Gasteiger partial charge on any atom is 0.224 e. The molecule has 0 atom stereocenters. The average molecular weight is 294 g/mol. The predicted molar refractivity (Wildman–Crippen MR) is 79.2 cm³/mol. The van der Waals surface area contributed by atoms with Crippen molar-refractivity contribution < 1.29 is 13.2 Å². The Morgan fingerprint density at radius 2 is 1.90 bits per heavy atom. The van der Waals surface area contributed by atoms with E-state index in [9.17, 15) is 13.2 Å². The first-order valence-corrected chi connectivity index (χ1v) is 7.95. The Bertz CT molecular complexity index is 586. The summed E-state index contributed by atoms with van der Waals surface area (Å²) in [5, 5.41) is 7.69. The second-order valence-corrected chi connectivity index (χ2v) is 6.08. The Balaban J connectivity index is 2.45. The number of anilines is 1. The van der Waals surface area contributed by atoms with Gasteiger partial charge in [0, 0.05) is 18.5 Å². The van der Waals surface area contributed by atoms with Gasteiger partial charge in [0.05, 0.1) is 5.75 Å². The minimum Gasteiger partial charge on any atom is -0.326 e. The largest absolute Gasteiger partial charge is 0.326 e. The van der Waals surface area contributed by atoms with E-state index in [1.807, 2.05) is 0 Å². The third kappa shape index (κ3) is 6.92. The molecule has 5 nitrogen and oxygen atoms in total. The fraction of sp³-hybridized carbons (Fsp3) is 0.357. The van der Waals surface area contributed by atoms with Crippen molar-refractivity contribution >= 4 is 21.6 Å². The lowest BCUT2D eigenvalue weighted by Gasteiger charge is -2.06. The molecule has 0 aliphatic carbocycles. The molecule has 1 amide bonds. The second kappa shape index (κ2) is 7.68. The Hall–Kier alpha value is -1.84. The summed E-state index contributed by atoms with van der Waals surface area (Å²) in [6.45, 7) is 0. The molecule has 3 N–H and O–H groups in total. The first-order chi connectivity index (χ1) is 9.40. The van der Waals surface area contributed by atoms with Crippen LogP contribution < -0.4 is 10.5 Å². The quantitative estimate of drug-likeness (QED) is 0.591. The van der Waals surface area contributed by atoms with E-state index in [2.05, 4.69) is 11.2 Å². The molecule has 0 saturated carbocycles. The van der Waals surface area contributed by atoms with Gasteiger partial charge in [-0.05, 0) is 30.5 Å². The molecule has 1 aromatic rings. The van der Waals surface area contributed by atoms with Crippen LogP contribution in [0, 0.1) is 12.3 Å². The minimum absolute atomic E-state index is 0.0822. The number of carbonyl (C=O) groups excluding carboxylic acids is 1. The molecular formula is C14H18N2O3S. The van der Waals surface area contributed by atoms with E-state index >= 15 is 0 Å². The Kier molecular flexibility index (Phi) is 6.22. The van der Waals surface area contributed by atoms with E-state index in [-0.39, 0.29) is 11.7 Å².